The van der Waals surface area contributed by atoms with Gasteiger partial charge in [-0.2, -0.15) is 0 Å². The minimum atomic E-state index is -0.174. The smallest absolute Gasteiger partial charge is 0.257 e. The topological polar surface area (TPSA) is 66.6 Å². The van der Waals surface area contributed by atoms with E-state index in [1.54, 1.807) is 23.1 Å². The second kappa shape index (κ2) is 5.68. The highest BCUT2D eigenvalue weighted by atomic mass is 16.3. The van der Waals surface area contributed by atoms with Crippen LogP contribution >= 0.6 is 0 Å². The Morgan fingerprint density at radius 1 is 1.47 bits per heavy atom. The van der Waals surface area contributed by atoms with Crippen molar-refractivity contribution in [3.8, 4) is 5.75 Å². The van der Waals surface area contributed by atoms with E-state index >= 15 is 0 Å². The first-order chi connectivity index (χ1) is 7.97. The lowest BCUT2D eigenvalue weighted by molar-refractivity contribution is 0.0708. The van der Waals surface area contributed by atoms with E-state index in [0.29, 0.717) is 18.7 Å². The molecule has 0 aromatic heterocycles. The number of nitrogens with zero attached hydrogens (tertiary/aromatic N) is 1. The molecule has 0 aliphatic heterocycles. The third-order valence-corrected chi connectivity index (χ3v) is 2.64. The van der Waals surface area contributed by atoms with E-state index in [0.717, 1.165) is 5.56 Å². The van der Waals surface area contributed by atoms with Crippen LogP contribution < -0.4 is 5.73 Å². The minimum absolute atomic E-state index is 0.0169. The van der Waals surface area contributed by atoms with Gasteiger partial charge in [0.1, 0.15) is 5.75 Å². The van der Waals surface area contributed by atoms with Crippen molar-refractivity contribution in [1.82, 2.24) is 4.90 Å². The number of hydrogen-bond acceptors (Lipinski definition) is 3. The average molecular weight is 236 g/mol. The van der Waals surface area contributed by atoms with Gasteiger partial charge in [-0.1, -0.05) is 11.6 Å². The molecule has 17 heavy (non-hydrogen) atoms. The summed E-state index contributed by atoms with van der Waals surface area (Å²) in [4.78, 5) is 13.9. The highest BCUT2D eigenvalue weighted by Crippen LogP contribution is 2.20. The molecule has 1 amide bonds. The van der Waals surface area contributed by atoms with Crippen LogP contribution in [0.2, 0.25) is 0 Å². The molecule has 0 bridgehead atoms. The lowest BCUT2D eigenvalue weighted by Crippen LogP contribution is -2.40. The number of nitrogens with two attached hydrogens (primary N) is 1. The van der Waals surface area contributed by atoms with Crippen molar-refractivity contribution in [3.05, 3.63) is 29.3 Å². The second-order valence-electron chi connectivity index (χ2n) is 4.40. The van der Waals surface area contributed by atoms with Gasteiger partial charge in [-0.25, -0.2) is 0 Å². The molecular weight excluding hydrogens is 216 g/mol. The molecule has 0 aliphatic rings. The number of rotatable bonds is 4. The third kappa shape index (κ3) is 3.20. The molecular formula is C13H20N2O2. The number of benzene rings is 1. The monoisotopic (exact) mass is 236 g/mol. The van der Waals surface area contributed by atoms with Gasteiger partial charge in [-0.05, 0) is 32.9 Å². The second-order valence-corrected chi connectivity index (χ2v) is 4.40. The van der Waals surface area contributed by atoms with Crippen molar-refractivity contribution >= 4 is 5.91 Å². The Hall–Kier alpha value is -1.55. The lowest BCUT2D eigenvalue weighted by Gasteiger charge is -2.26. The Balaban J connectivity index is 3.04. The van der Waals surface area contributed by atoms with Crippen molar-refractivity contribution in [1.29, 1.82) is 0 Å². The molecule has 4 nitrogen and oxygen atoms in total. The Labute approximate surface area is 102 Å². The number of carbonyl (C=O) groups excluding carboxylic acids is 1. The van der Waals surface area contributed by atoms with Crippen LogP contribution in [0.15, 0.2) is 18.2 Å². The van der Waals surface area contributed by atoms with Crippen molar-refractivity contribution < 1.29 is 9.90 Å². The Morgan fingerprint density at radius 3 is 2.65 bits per heavy atom. The maximum Gasteiger partial charge on any atom is 0.257 e. The normalized spacial score (nSPS) is 10.6. The molecule has 3 N–H and O–H groups in total. The van der Waals surface area contributed by atoms with E-state index < -0.39 is 0 Å². The summed E-state index contributed by atoms with van der Waals surface area (Å²) in [5.74, 6) is -0.157. The van der Waals surface area contributed by atoms with Crippen LogP contribution in [0.4, 0.5) is 0 Å². The molecule has 0 spiro atoms. The Bertz CT molecular complexity index is 402. The Kier molecular flexibility index (Phi) is 4.52. The van der Waals surface area contributed by atoms with E-state index in [-0.39, 0.29) is 17.7 Å². The fraction of sp³-hybridized carbons (Fsp3) is 0.462. The van der Waals surface area contributed by atoms with Gasteiger partial charge in [-0.15, -0.1) is 0 Å². The van der Waals surface area contributed by atoms with E-state index in [1.165, 1.54) is 0 Å². The Morgan fingerprint density at radius 2 is 2.12 bits per heavy atom. The van der Waals surface area contributed by atoms with Gasteiger partial charge in [0.2, 0.25) is 0 Å². The number of amides is 1. The molecule has 0 radical (unpaired) electrons. The van der Waals surface area contributed by atoms with Crippen molar-refractivity contribution in [2.45, 2.75) is 26.8 Å². The summed E-state index contributed by atoms with van der Waals surface area (Å²) in [6.07, 6.45) is 0. The molecule has 0 heterocycles. The van der Waals surface area contributed by atoms with E-state index in [2.05, 4.69) is 0 Å². The largest absolute Gasteiger partial charge is 0.507 e. The molecule has 1 aromatic rings. The SMILES string of the molecule is Cc1ccc(O)c(C(=O)N(CCN)C(C)C)c1. The molecule has 0 saturated carbocycles. The van der Waals surface area contributed by atoms with Gasteiger partial charge in [-0.3, -0.25) is 4.79 Å². The van der Waals surface area contributed by atoms with Crippen LogP contribution in [0, 0.1) is 6.92 Å². The van der Waals surface area contributed by atoms with Gasteiger partial charge >= 0.3 is 0 Å². The number of phenols is 1. The molecule has 4 heteroatoms. The van der Waals surface area contributed by atoms with Gasteiger partial charge in [0, 0.05) is 19.1 Å². The first kappa shape index (κ1) is 13.5. The number of carbonyl (C=O) groups is 1. The predicted octanol–water partition coefficient (Wildman–Crippen LogP) is 1.51. The fourth-order valence-corrected chi connectivity index (χ4v) is 1.71. The number of aromatic hydroxyl groups is 1. The summed E-state index contributed by atoms with van der Waals surface area (Å²) >= 11 is 0. The van der Waals surface area contributed by atoms with Gasteiger partial charge in [0.15, 0.2) is 0 Å². The quantitative estimate of drug-likeness (QED) is 0.832. The molecule has 0 atom stereocenters. The van der Waals surface area contributed by atoms with Crippen molar-refractivity contribution in [3.63, 3.8) is 0 Å². The van der Waals surface area contributed by atoms with Gasteiger partial charge < -0.3 is 15.7 Å². The molecule has 94 valence electrons. The molecule has 1 aromatic carbocycles. The lowest BCUT2D eigenvalue weighted by atomic mass is 10.1. The third-order valence-electron chi connectivity index (χ3n) is 2.64. The minimum Gasteiger partial charge on any atom is -0.507 e. The van der Waals surface area contributed by atoms with Gasteiger partial charge in [0.05, 0.1) is 5.56 Å². The van der Waals surface area contributed by atoms with Crippen LogP contribution in [-0.2, 0) is 0 Å². The number of phenolic OH excluding ortho intramolecular Hbond substituents is 1. The van der Waals surface area contributed by atoms with Crippen molar-refractivity contribution in [2.75, 3.05) is 13.1 Å². The average Bonchev–Trinajstić information content (AvgIpc) is 2.28. The molecule has 0 fully saturated rings. The van der Waals surface area contributed by atoms with Crippen LogP contribution in [0.5, 0.6) is 5.75 Å². The van der Waals surface area contributed by atoms with E-state index in [1.807, 2.05) is 20.8 Å². The first-order valence-corrected chi connectivity index (χ1v) is 5.78. The predicted molar refractivity (Wildman–Crippen MR) is 68.1 cm³/mol. The fourth-order valence-electron chi connectivity index (χ4n) is 1.71. The summed E-state index contributed by atoms with van der Waals surface area (Å²) in [6.45, 7) is 6.65. The van der Waals surface area contributed by atoms with E-state index in [9.17, 15) is 9.90 Å². The maximum absolute atomic E-state index is 12.3. The highest BCUT2D eigenvalue weighted by molar-refractivity contribution is 5.97. The van der Waals surface area contributed by atoms with E-state index in [4.69, 9.17) is 5.73 Å². The standard InChI is InChI=1S/C13H20N2O2/c1-9(2)15(7-6-14)13(17)11-8-10(3)4-5-12(11)16/h4-5,8-9,16H,6-7,14H2,1-3H3. The van der Waals surface area contributed by atoms with Crippen molar-refractivity contribution in [2.24, 2.45) is 5.73 Å². The molecule has 1 rings (SSSR count). The van der Waals surface area contributed by atoms with Crippen LogP contribution in [0.25, 0.3) is 0 Å². The maximum atomic E-state index is 12.3. The molecule has 0 unspecified atom stereocenters. The highest BCUT2D eigenvalue weighted by Gasteiger charge is 2.20. The zero-order valence-electron chi connectivity index (χ0n) is 10.6. The summed E-state index contributed by atoms with van der Waals surface area (Å²) in [7, 11) is 0. The van der Waals surface area contributed by atoms with Crippen LogP contribution in [0.1, 0.15) is 29.8 Å². The van der Waals surface area contributed by atoms with Gasteiger partial charge in [0.25, 0.3) is 5.91 Å². The summed E-state index contributed by atoms with van der Waals surface area (Å²) in [5.41, 5.74) is 6.78. The molecule has 0 saturated heterocycles. The van der Waals surface area contributed by atoms with Crippen LogP contribution in [-0.4, -0.2) is 35.0 Å². The summed E-state index contributed by atoms with van der Waals surface area (Å²) < 4.78 is 0. The zero-order valence-corrected chi connectivity index (χ0v) is 10.6. The zero-order chi connectivity index (χ0) is 13.0. The summed E-state index contributed by atoms with van der Waals surface area (Å²) in [6, 6.07) is 5.08. The number of hydrogen-bond donors (Lipinski definition) is 2. The first-order valence-electron chi connectivity index (χ1n) is 5.78. The number of aryl methyl sites for hydroxylation is 1. The summed E-state index contributed by atoms with van der Waals surface area (Å²) in [5, 5.41) is 9.73. The molecule has 0 aliphatic carbocycles. The van der Waals surface area contributed by atoms with Crippen LogP contribution in [0.3, 0.4) is 0 Å².